The molecule has 0 unspecified atom stereocenters. The lowest BCUT2D eigenvalue weighted by atomic mass is 10.1. The summed E-state index contributed by atoms with van der Waals surface area (Å²) in [7, 11) is 3.28. The normalized spacial score (nSPS) is 10.5. The maximum absolute atomic E-state index is 5.85. The van der Waals surface area contributed by atoms with Gasteiger partial charge in [0.1, 0.15) is 0 Å². The summed E-state index contributed by atoms with van der Waals surface area (Å²) in [6.07, 6.45) is 4.49. The van der Waals surface area contributed by atoms with Crippen molar-refractivity contribution in [2.24, 2.45) is 0 Å². The van der Waals surface area contributed by atoms with Crippen LogP contribution in [-0.2, 0) is 18.8 Å². The molecule has 0 aliphatic rings. The van der Waals surface area contributed by atoms with Crippen LogP contribution in [0.2, 0.25) is 0 Å². The molecule has 5 heteroatoms. The van der Waals surface area contributed by atoms with Gasteiger partial charge in [-0.3, -0.25) is 0 Å². The average molecular weight is 281 g/mol. The van der Waals surface area contributed by atoms with Crippen LogP contribution in [0.1, 0.15) is 11.3 Å². The molecule has 2 aromatic rings. The van der Waals surface area contributed by atoms with Gasteiger partial charge >= 0.3 is 0 Å². The Hall–Kier alpha value is -1.68. The van der Waals surface area contributed by atoms with Crippen LogP contribution < -0.4 is 9.47 Å². The molecule has 0 spiro atoms. The summed E-state index contributed by atoms with van der Waals surface area (Å²) >= 11 is 5.85. The zero-order valence-electron chi connectivity index (χ0n) is 11.1. The fraction of sp³-hybridized carbons (Fsp3) is 0.357. The van der Waals surface area contributed by atoms with E-state index in [1.165, 1.54) is 5.56 Å². The van der Waals surface area contributed by atoms with Gasteiger partial charge in [-0.2, -0.15) is 0 Å². The van der Waals surface area contributed by atoms with Crippen LogP contribution in [0, 0.1) is 0 Å². The van der Waals surface area contributed by atoms with Crippen LogP contribution in [0.3, 0.4) is 0 Å². The Morgan fingerprint density at radius 1 is 1.21 bits per heavy atom. The van der Waals surface area contributed by atoms with Gasteiger partial charge in [-0.05, 0) is 24.1 Å². The van der Waals surface area contributed by atoms with Crippen LogP contribution in [-0.4, -0.2) is 23.8 Å². The first kappa shape index (κ1) is 13.7. The third-order valence-electron chi connectivity index (χ3n) is 3.02. The second-order valence-corrected chi connectivity index (χ2v) is 4.42. The SMILES string of the molecule is COc1ccc(CCn2cncc2CCl)cc1OC. The molecule has 0 aliphatic carbocycles. The van der Waals surface area contributed by atoms with Crippen molar-refractivity contribution >= 4 is 11.6 Å². The van der Waals surface area contributed by atoms with Crippen LogP contribution in [0.25, 0.3) is 0 Å². The van der Waals surface area contributed by atoms with E-state index < -0.39 is 0 Å². The molecule has 0 saturated heterocycles. The number of methoxy groups -OCH3 is 2. The first-order valence-electron chi connectivity index (χ1n) is 6.04. The van der Waals surface area contributed by atoms with E-state index in [9.17, 15) is 0 Å². The summed E-state index contributed by atoms with van der Waals surface area (Å²) < 4.78 is 12.6. The molecule has 1 aromatic heterocycles. The van der Waals surface area contributed by atoms with Gasteiger partial charge in [0.2, 0.25) is 0 Å². The highest BCUT2D eigenvalue weighted by Crippen LogP contribution is 2.27. The monoisotopic (exact) mass is 280 g/mol. The van der Waals surface area contributed by atoms with E-state index in [1.54, 1.807) is 26.7 Å². The molecule has 0 N–H and O–H groups in total. The summed E-state index contributed by atoms with van der Waals surface area (Å²) in [6, 6.07) is 5.96. The van der Waals surface area contributed by atoms with E-state index >= 15 is 0 Å². The number of benzene rings is 1. The average Bonchev–Trinajstić information content (AvgIpc) is 2.92. The quantitative estimate of drug-likeness (QED) is 0.764. The fourth-order valence-corrected chi connectivity index (χ4v) is 2.17. The molecular weight excluding hydrogens is 264 g/mol. The smallest absolute Gasteiger partial charge is 0.160 e. The number of ether oxygens (including phenoxy) is 2. The van der Waals surface area contributed by atoms with Crippen molar-refractivity contribution < 1.29 is 9.47 Å². The van der Waals surface area contributed by atoms with Gasteiger partial charge in [0.25, 0.3) is 0 Å². The zero-order valence-corrected chi connectivity index (χ0v) is 11.9. The number of hydrogen-bond acceptors (Lipinski definition) is 3. The van der Waals surface area contributed by atoms with Gasteiger partial charge in [-0.15, -0.1) is 11.6 Å². The van der Waals surface area contributed by atoms with Crippen LogP contribution in [0.5, 0.6) is 11.5 Å². The van der Waals surface area contributed by atoms with Gasteiger partial charge in [0.15, 0.2) is 11.5 Å². The van der Waals surface area contributed by atoms with E-state index in [2.05, 4.69) is 9.55 Å². The maximum Gasteiger partial charge on any atom is 0.160 e. The van der Waals surface area contributed by atoms with E-state index in [-0.39, 0.29) is 0 Å². The molecular formula is C14H17ClN2O2. The van der Waals surface area contributed by atoms with Crippen molar-refractivity contribution in [3.63, 3.8) is 0 Å². The molecule has 0 atom stereocenters. The van der Waals surface area contributed by atoms with Crippen molar-refractivity contribution in [2.75, 3.05) is 14.2 Å². The maximum atomic E-state index is 5.85. The Morgan fingerprint density at radius 2 is 2.00 bits per heavy atom. The van der Waals surface area contributed by atoms with Crippen molar-refractivity contribution in [3.05, 3.63) is 42.0 Å². The van der Waals surface area contributed by atoms with Gasteiger partial charge in [-0.25, -0.2) is 4.98 Å². The minimum atomic E-state index is 0.478. The predicted molar refractivity (Wildman–Crippen MR) is 75.0 cm³/mol. The molecule has 0 radical (unpaired) electrons. The van der Waals surface area contributed by atoms with Gasteiger partial charge < -0.3 is 14.0 Å². The molecule has 0 fully saturated rings. The first-order valence-corrected chi connectivity index (χ1v) is 6.57. The Labute approximate surface area is 117 Å². The Bertz CT molecular complexity index is 540. The molecule has 0 amide bonds. The number of aryl methyl sites for hydroxylation is 2. The van der Waals surface area contributed by atoms with E-state index in [4.69, 9.17) is 21.1 Å². The lowest BCUT2D eigenvalue weighted by Crippen LogP contribution is -2.03. The van der Waals surface area contributed by atoms with Crippen molar-refractivity contribution in [2.45, 2.75) is 18.8 Å². The largest absolute Gasteiger partial charge is 0.493 e. The Balaban J connectivity index is 2.07. The Kier molecular flexibility index (Phi) is 4.68. The topological polar surface area (TPSA) is 36.3 Å². The molecule has 4 nitrogen and oxygen atoms in total. The highest BCUT2D eigenvalue weighted by atomic mass is 35.5. The number of nitrogens with zero attached hydrogens (tertiary/aromatic N) is 2. The predicted octanol–water partition coefficient (Wildman–Crippen LogP) is 2.88. The standard InChI is InChI=1S/C14H17ClN2O2/c1-18-13-4-3-11(7-14(13)19-2)5-6-17-10-16-9-12(17)8-15/h3-4,7,9-10H,5-6,8H2,1-2H3. The number of hydrogen-bond donors (Lipinski definition) is 0. The number of aromatic nitrogens is 2. The number of rotatable bonds is 6. The molecule has 1 aromatic carbocycles. The molecule has 102 valence electrons. The van der Waals surface area contributed by atoms with E-state index in [0.29, 0.717) is 5.88 Å². The highest BCUT2D eigenvalue weighted by Gasteiger charge is 2.05. The fourth-order valence-electron chi connectivity index (χ4n) is 1.95. The number of imidazole rings is 1. The van der Waals surface area contributed by atoms with E-state index in [0.717, 1.165) is 30.2 Å². The molecule has 2 rings (SSSR count). The highest BCUT2D eigenvalue weighted by molar-refractivity contribution is 6.16. The summed E-state index contributed by atoms with van der Waals surface area (Å²) in [5.41, 5.74) is 2.22. The van der Waals surface area contributed by atoms with Crippen LogP contribution in [0.15, 0.2) is 30.7 Å². The lowest BCUT2D eigenvalue weighted by molar-refractivity contribution is 0.354. The summed E-state index contributed by atoms with van der Waals surface area (Å²) in [5.74, 6) is 1.98. The minimum absolute atomic E-state index is 0.478. The van der Waals surface area contributed by atoms with Gasteiger partial charge in [0.05, 0.1) is 32.1 Å². The van der Waals surface area contributed by atoms with Crippen molar-refractivity contribution in [1.82, 2.24) is 9.55 Å². The summed E-state index contributed by atoms with van der Waals surface area (Å²) in [5, 5.41) is 0. The third kappa shape index (κ3) is 3.20. The molecule has 0 saturated carbocycles. The second kappa shape index (κ2) is 6.48. The van der Waals surface area contributed by atoms with Crippen LogP contribution >= 0.6 is 11.6 Å². The van der Waals surface area contributed by atoms with E-state index in [1.807, 2.05) is 18.2 Å². The van der Waals surface area contributed by atoms with Gasteiger partial charge in [-0.1, -0.05) is 6.07 Å². The zero-order chi connectivity index (χ0) is 13.7. The lowest BCUT2D eigenvalue weighted by Gasteiger charge is -2.10. The van der Waals surface area contributed by atoms with Crippen LogP contribution in [0.4, 0.5) is 0 Å². The molecule has 19 heavy (non-hydrogen) atoms. The minimum Gasteiger partial charge on any atom is -0.493 e. The summed E-state index contributed by atoms with van der Waals surface area (Å²) in [4.78, 5) is 4.10. The van der Waals surface area contributed by atoms with Gasteiger partial charge in [0, 0.05) is 12.7 Å². The first-order chi connectivity index (χ1) is 9.28. The van der Waals surface area contributed by atoms with Crippen molar-refractivity contribution in [1.29, 1.82) is 0 Å². The number of alkyl halides is 1. The molecule has 0 aliphatic heterocycles. The Morgan fingerprint density at radius 3 is 2.68 bits per heavy atom. The molecule has 1 heterocycles. The number of halogens is 1. The molecule has 0 bridgehead atoms. The van der Waals surface area contributed by atoms with Crippen molar-refractivity contribution in [3.8, 4) is 11.5 Å². The second-order valence-electron chi connectivity index (χ2n) is 4.15. The summed E-state index contributed by atoms with van der Waals surface area (Å²) in [6.45, 7) is 0.845. The third-order valence-corrected chi connectivity index (χ3v) is 3.30.